The third-order valence-electron chi connectivity index (χ3n) is 4.53. The summed E-state index contributed by atoms with van der Waals surface area (Å²) in [5.74, 6) is 0.0275. The van der Waals surface area contributed by atoms with E-state index in [2.05, 4.69) is 10.1 Å². The summed E-state index contributed by atoms with van der Waals surface area (Å²) in [6.45, 7) is 4.68. The molecule has 134 valence electrons. The van der Waals surface area contributed by atoms with Gasteiger partial charge in [-0.1, -0.05) is 0 Å². The lowest BCUT2D eigenvalue weighted by atomic mass is 9.96. The maximum Gasteiger partial charge on any atom is 0.255 e. The monoisotopic (exact) mass is 373 g/mol. The standard InChI is InChI=1S/C16H23N5O.2ClH/c1-10(17)14-6-4-5-7-21(14)16(22)12-8-13-11(2)19-20(3)15(13)18-9-12;;/h8-10,14H,4-7,17H2,1-3H3;2*1H. The minimum Gasteiger partial charge on any atom is -0.334 e. The summed E-state index contributed by atoms with van der Waals surface area (Å²) in [4.78, 5) is 19.2. The van der Waals surface area contributed by atoms with Crippen LogP contribution in [0.5, 0.6) is 0 Å². The van der Waals surface area contributed by atoms with Crippen LogP contribution in [-0.4, -0.2) is 44.2 Å². The Labute approximate surface area is 154 Å². The number of aromatic nitrogens is 3. The van der Waals surface area contributed by atoms with Crippen LogP contribution >= 0.6 is 24.8 Å². The highest BCUT2D eigenvalue weighted by atomic mass is 35.5. The molecule has 3 heterocycles. The molecule has 0 saturated carbocycles. The minimum atomic E-state index is -0.0129. The number of fused-ring (bicyclic) bond motifs is 1. The predicted octanol–water partition coefficient (Wildman–Crippen LogP) is 2.46. The lowest BCUT2D eigenvalue weighted by Crippen LogP contribution is -2.51. The van der Waals surface area contributed by atoms with E-state index >= 15 is 0 Å². The first-order chi connectivity index (χ1) is 10.5. The van der Waals surface area contributed by atoms with Crippen LogP contribution in [0.3, 0.4) is 0 Å². The van der Waals surface area contributed by atoms with Crippen molar-refractivity contribution in [3.8, 4) is 0 Å². The van der Waals surface area contributed by atoms with E-state index in [1.165, 1.54) is 0 Å². The highest BCUT2D eigenvalue weighted by Gasteiger charge is 2.30. The van der Waals surface area contributed by atoms with Gasteiger partial charge in [-0.05, 0) is 39.2 Å². The number of pyridine rings is 1. The summed E-state index contributed by atoms with van der Waals surface area (Å²) in [7, 11) is 1.86. The van der Waals surface area contributed by atoms with Crippen LogP contribution < -0.4 is 5.73 Å². The van der Waals surface area contributed by atoms with E-state index in [4.69, 9.17) is 5.73 Å². The zero-order valence-corrected chi connectivity index (χ0v) is 15.9. The SMILES string of the molecule is Cc1nn(C)c2ncc(C(=O)N3CCCCC3C(C)N)cc12.Cl.Cl. The number of halogens is 2. The van der Waals surface area contributed by atoms with Gasteiger partial charge in [0.05, 0.1) is 11.3 Å². The number of nitrogens with two attached hydrogens (primary N) is 1. The molecule has 6 nitrogen and oxygen atoms in total. The molecule has 0 radical (unpaired) electrons. The van der Waals surface area contributed by atoms with Crippen molar-refractivity contribution in [2.45, 2.75) is 45.2 Å². The summed E-state index contributed by atoms with van der Waals surface area (Å²) in [6.07, 6.45) is 4.80. The van der Waals surface area contributed by atoms with E-state index in [1.807, 2.05) is 31.9 Å². The molecule has 1 aliphatic rings. The molecule has 1 saturated heterocycles. The molecule has 2 atom stereocenters. The van der Waals surface area contributed by atoms with Gasteiger partial charge in [-0.15, -0.1) is 24.8 Å². The van der Waals surface area contributed by atoms with Crippen molar-refractivity contribution in [1.29, 1.82) is 0 Å². The van der Waals surface area contributed by atoms with Crippen molar-refractivity contribution in [3.05, 3.63) is 23.5 Å². The molecule has 0 bridgehead atoms. The Morgan fingerprint density at radius 1 is 1.38 bits per heavy atom. The number of carbonyl (C=O) groups is 1. The van der Waals surface area contributed by atoms with Crippen LogP contribution in [0.15, 0.2) is 12.3 Å². The van der Waals surface area contributed by atoms with E-state index in [9.17, 15) is 4.79 Å². The molecule has 0 aromatic carbocycles. The van der Waals surface area contributed by atoms with Crippen molar-refractivity contribution >= 4 is 41.8 Å². The molecule has 1 fully saturated rings. The topological polar surface area (TPSA) is 77.0 Å². The van der Waals surface area contributed by atoms with Crippen molar-refractivity contribution < 1.29 is 4.79 Å². The zero-order valence-electron chi connectivity index (χ0n) is 14.2. The van der Waals surface area contributed by atoms with Crippen LogP contribution in [-0.2, 0) is 7.05 Å². The summed E-state index contributed by atoms with van der Waals surface area (Å²) in [6, 6.07) is 2.01. The fourth-order valence-electron chi connectivity index (χ4n) is 3.35. The van der Waals surface area contributed by atoms with E-state index in [-0.39, 0.29) is 42.8 Å². The summed E-state index contributed by atoms with van der Waals surface area (Å²) in [5.41, 5.74) is 8.38. The molecule has 1 aliphatic heterocycles. The second kappa shape index (κ2) is 8.14. The number of piperidine rings is 1. The number of rotatable bonds is 2. The van der Waals surface area contributed by atoms with E-state index < -0.39 is 0 Å². The number of amides is 1. The average Bonchev–Trinajstić information content (AvgIpc) is 2.81. The second-order valence-corrected chi connectivity index (χ2v) is 6.22. The van der Waals surface area contributed by atoms with Crippen LogP contribution in [0.2, 0.25) is 0 Å². The van der Waals surface area contributed by atoms with Gasteiger partial charge in [0.25, 0.3) is 5.91 Å². The van der Waals surface area contributed by atoms with Crippen LogP contribution in [0.25, 0.3) is 11.0 Å². The minimum absolute atomic E-state index is 0. The number of nitrogens with zero attached hydrogens (tertiary/aromatic N) is 4. The zero-order chi connectivity index (χ0) is 15.9. The Morgan fingerprint density at radius 2 is 2.08 bits per heavy atom. The molecule has 3 rings (SSSR count). The highest BCUT2D eigenvalue weighted by molar-refractivity contribution is 5.97. The Balaban J connectivity index is 0.00000144. The summed E-state index contributed by atoms with van der Waals surface area (Å²) < 4.78 is 1.74. The molecule has 0 spiro atoms. The fraction of sp³-hybridized carbons (Fsp3) is 0.562. The van der Waals surface area contributed by atoms with Gasteiger partial charge in [0.2, 0.25) is 0 Å². The number of hydrogen-bond donors (Lipinski definition) is 1. The van der Waals surface area contributed by atoms with Crippen LogP contribution in [0.4, 0.5) is 0 Å². The molecule has 1 amide bonds. The molecule has 8 heteroatoms. The molecule has 24 heavy (non-hydrogen) atoms. The number of carbonyl (C=O) groups excluding carboxylic acids is 1. The molecular weight excluding hydrogens is 349 g/mol. The highest BCUT2D eigenvalue weighted by Crippen LogP contribution is 2.23. The molecule has 2 aromatic rings. The molecule has 0 aliphatic carbocycles. The lowest BCUT2D eigenvalue weighted by molar-refractivity contribution is 0.0583. The maximum absolute atomic E-state index is 12.9. The Bertz CT molecular complexity index is 716. The largest absolute Gasteiger partial charge is 0.334 e. The van der Waals surface area contributed by atoms with Crippen LogP contribution in [0.1, 0.15) is 42.2 Å². The van der Waals surface area contributed by atoms with Gasteiger partial charge in [-0.25, -0.2) is 4.98 Å². The van der Waals surface area contributed by atoms with E-state index in [1.54, 1.807) is 10.9 Å². The predicted molar refractivity (Wildman–Crippen MR) is 100 cm³/mol. The first-order valence-electron chi connectivity index (χ1n) is 7.85. The number of aryl methyl sites for hydroxylation is 2. The third-order valence-corrected chi connectivity index (χ3v) is 4.53. The van der Waals surface area contributed by atoms with Gasteiger partial charge < -0.3 is 10.6 Å². The number of likely N-dealkylation sites (tertiary alicyclic amines) is 1. The second-order valence-electron chi connectivity index (χ2n) is 6.22. The van der Waals surface area contributed by atoms with Gasteiger partial charge in [0.1, 0.15) is 0 Å². The fourth-order valence-corrected chi connectivity index (χ4v) is 3.35. The molecular formula is C16H25Cl2N5O. The van der Waals surface area contributed by atoms with Gasteiger partial charge in [-0.3, -0.25) is 9.48 Å². The van der Waals surface area contributed by atoms with Gasteiger partial charge in [0.15, 0.2) is 5.65 Å². The van der Waals surface area contributed by atoms with Gasteiger partial charge in [-0.2, -0.15) is 5.10 Å². The third kappa shape index (κ3) is 3.66. The first-order valence-corrected chi connectivity index (χ1v) is 7.85. The molecule has 2 aromatic heterocycles. The van der Waals surface area contributed by atoms with Crippen molar-refractivity contribution in [2.75, 3.05) is 6.54 Å². The average molecular weight is 374 g/mol. The van der Waals surface area contributed by atoms with Crippen molar-refractivity contribution in [3.63, 3.8) is 0 Å². The maximum atomic E-state index is 12.9. The molecule has 2 N–H and O–H groups in total. The normalized spacial score (nSPS) is 18.7. The van der Waals surface area contributed by atoms with Crippen molar-refractivity contribution in [2.24, 2.45) is 12.8 Å². The Hall–Kier alpha value is -1.37. The van der Waals surface area contributed by atoms with Gasteiger partial charge >= 0.3 is 0 Å². The lowest BCUT2D eigenvalue weighted by Gasteiger charge is -2.38. The van der Waals surface area contributed by atoms with E-state index in [0.717, 1.165) is 42.5 Å². The first kappa shape index (κ1) is 20.7. The van der Waals surface area contributed by atoms with Gasteiger partial charge in [0, 0.05) is 37.3 Å². The van der Waals surface area contributed by atoms with Crippen LogP contribution in [0, 0.1) is 6.92 Å². The van der Waals surface area contributed by atoms with Crippen molar-refractivity contribution in [1.82, 2.24) is 19.7 Å². The summed E-state index contributed by atoms with van der Waals surface area (Å²) in [5, 5.41) is 5.29. The number of hydrogen-bond acceptors (Lipinski definition) is 4. The summed E-state index contributed by atoms with van der Waals surface area (Å²) >= 11 is 0. The smallest absolute Gasteiger partial charge is 0.255 e. The quantitative estimate of drug-likeness (QED) is 0.876. The van der Waals surface area contributed by atoms with E-state index in [0.29, 0.717) is 5.56 Å². The Morgan fingerprint density at radius 3 is 2.75 bits per heavy atom. The Kier molecular flexibility index (Phi) is 7.01. The molecule has 2 unspecified atom stereocenters.